The summed E-state index contributed by atoms with van der Waals surface area (Å²) in [5, 5.41) is 4.08. The number of ether oxygens (including phenoxy) is 1. The van der Waals surface area contributed by atoms with Gasteiger partial charge in [-0.15, -0.1) is 0 Å². The van der Waals surface area contributed by atoms with Crippen LogP contribution in [-0.2, 0) is 4.74 Å². The maximum atomic E-state index is 4.94. The van der Waals surface area contributed by atoms with Crippen molar-refractivity contribution in [3.63, 3.8) is 0 Å². The minimum atomic E-state index is 1.00. The molecule has 2 aromatic heterocycles. The van der Waals surface area contributed by atoms with Crippen LogP contribution >= 0.6 is 11.3 Å². The van der Waals surface area contributed by atoms with Gasteiger partial charge in [0.05, 0.1) is 12.5 Å². The van der Waals surface area contributed by atoms with Crippen LogP contribution in [0.3, 0.4) is 0 Å². The Kier molecular flexibility index (Phi) is 7.60. The number of thiophene rings is 1. The van der Waals surface area contributed by atoms with E-state index in [1.165, 1.54) is 12.8 Å². The van der Waals surface area contributed by atoms with Gasteiger partial charge in [0.15, 0.2) is 0 Å². The molecular weight excluding hydrogens is 208 g/mol. The lowest BCUT2D eigenvalue weighted by atomic mass is 10.4. The zero-order chi connectivity index (χ0) is 10.6. The molecule has 3 heterocycles. The predicted molar refractivity (Wildman–Crippen MR) is 63.1 cm³/mol. The third-order valence-electron chi connectivity index (χ3n) is 1.68. The van der Waals surface area contributed by atoms with Gasteiger partial charge in [-0.1, -0.05) is 12.1 Å². The first-order valence-electron chi connectivity index (χ1n) is 5.02. The maximum absolute atomic E-state index is 4.94. The van der Waals surface area contributed by atoms with Crippen molar-refractivity contribution in [2.45, 2.75) is 12.8 Å². The van der Waals surface area contributed by atoms with Gasteiger partial charge in [-0.3, -0.25) is 0 Å². The molecule has 15 heavy (non-hydrogen) atoms. The molecule has 0 radical (unpaired) electrons. The summed E-state index contributed by atoms with van der Waals surface area (Å²) in [7, 11) is 0. The fraction of sp³-hybridized carbons (Fsp3) is 0.333. The summed E-state index contributed by atoms with van der Waals surface area (Å²) < 4.78 is 9.53. The molecule has 0 N–H and O–H groups in total. The van der Waals surface area contributed by atoms with E-state index in [0.717, 1.165) is 13.2 Å². The summed E-state index contributed by atoms with van der Waals surface area (Å²) in [6.45, 7) is 2.00. The fourth-order valence-electron chi connectivity index (χ4n) is 0.964. The van der Waals surface area contributed by atoms with Crippen molar-refractivity contribution >= 4 is 11.3 Å². The molecule has 0 amide bonds. The lowest BCUT2D eigenvalue weighted by molar-refractivity contribution is 0.198. The largest absolute Gasteiger partial charge is 0.473 e. The molecule has 3 heteroatoms. The summed E-state index contributed by atoms with van der Waals surface area (Å²) in [5.74, 6) is 0. The van der Waals surface area contributed by atoms with E-state index < -0.39 is 0 Å². The van der Waals surface area contributed by atoms with Crippen molar-refractivity contribution in [1.29, 1.82) is 0 Å². The lowest BCUT2D eigenvalue weighted by Crippen LogP contribution is -1.74. The highest BCUT2D eigenvalue weighted by atomic mass is 32.1. The number of hydrogen-bond acceptors (Lipinski definition) is 3. The van der Waals surface area contributed by atoms with Gasteiger partial charge < -0.3 is 9.15 Å². The summed E-state index contributed by atoms with van der Waals surface area (Å²) in [5.41, 5.74) is 0. The summed E-state index contributed by atoms with van der Waals surface area (Å²) in [6.07, 6.45) is 5.81. The zero-order valence-electron chi connectivity index (χ0n) is 8.67. The average molecular weight is 224 g/mol. The van der Waals surface area contributed by atoms with Crippen molar-refractivity contribution in [2.75, 3.05) is 13.2 Å². The van der Waals surface area contributed by atoms with Gasteiger partial charge in [0.2, 0.25) is 0 Å². The van der Waals surface area contributed by atoms with Crippen LogP contribution in [0.2, 0.25) is 0 Å². The zero-order valence-corrected chi connectivity index (χ0v) is 9.49. The van der Waals surface area contributed by atoms with Gasteiger partial charge >= 0.3 is 0 Å². The predicted octanol–water partition coefficient (Wildman–Crippen LogP) is 3.82. The number of rotatable bonds is 0. The van der Waals surface area contributed by atoms with Crippen molar-refractivity contribution in [3.05, 3.63) is 47.6 Å². The van der Waals surface area contributed by atoms with Gasteiger partial charge in [0.1, 0.15) is 0 Å². The second-order valence-electron chi connectivity index (χ2n) is 2.91. The van der Waals surface area contributed by atoms with Crippen molar-refractivity contribution < 1.29 is 9.15 Å². The monoisotopic (exact) mass is 224 g/mol. The van der Waals surface area contributed by atoms with Crippen LogP contribution in [0.1, 0.15) is 12.8 Å². The lowest BCUT2D eigenvalue weighted by Gasteiger charge is -1.76. The van der Waals surface area contributed by atoms with Gasteiger partial charge in [0.25, 0.3) is 0 Å². The van der Waals surface area contributed by atoms with Crippen LogP contribution in [0.15, 0.2) is 52.0 Å². The standard InChI is InChI=1S/C4H8O.C4H4O.C4H4S/c3*1-2-4-5-3-1/h1-4H2;2*1-4H. The highest BCUT2D eigenvalue weighted by Crippen LogP contribution is 1.98. The first kappa shape index (κ1) is 12.0. The molecule has 0 spiro atoms. The summed E-state index contributed by atoms with van der Waals surface area (Å²) in [6, 6.07) is 7.70. The smallest absolute Gasteiger partial charge is 0.0902 e. The molecule has 2 aromatic rings. The highest BCUT2D eigenvalue weighted by molar-refractivity contribution is 7.07. The molecule has 1 fully saturated rings. The van der Waals surface area contributed by atoms with E-state index in [1.807, 2.05) is 35.0 Å². The van der Waals surface area contributed by atoms with Crippen molar-refractivity contribution in [3.8, 4) is 0 Å². The quantitative estimate of drug-likeness (QED) is 0.678. The SMILES string of the molecule is C1CCOC1.c1ccoc1.c1ccsc1. The van der Waals surface area contributed by atoms with E-state index in [9.17, 15) is 0 Å². The highest BCUT2D eigenvalue weighted by Gasteiger charge is 1.94. The molecule has 0 bridgehead atoms. The summed E-state index contributed by atoms with van der Waals surface area (Å²) in [4.78, 5) is 0. The van der Waals surface area contributed by atoms with Crippen LogP contribution in [0, 0.1) is 0 Å². The van der Waals surface area contributed by atoms with Crippen LogP contribution < -0.4 is 0 Å². The molecule has 0 saturated carbocycles. The van der Waals surface area contributed by atoms with Crippen molar-refractivity contribution in [1.82, 2.24) is 0 Å². The Morgan fingerprint density at radius 2 is 1.40 bits per heavy atom. The molecule has 82 valence electrons. The topological polar surface area (TPSA) is 22.4 Å². The molecule has 1 aliphatic rings. The van der Waals surface area contributed by atoms with Gasteiger partial charge in [-0.05, 0) is 35.7 Å². The van der Waals surface area contributed by atoms with E-state index in [-0.39, 0.29) is 0 Å². The first-order chi connectivity index (χ1) is 7.50. The molecule has 1 saturated heterocycles. The van der Waals surface area contributed by atoms with E-state index in [1.54, 1.807) is 23.9 Å². The molecular formula is C12H16O2S. The maximum Gasteiger partial charge on any atom is 0.0902 e. The Hall–Kier alpha value is -1.06. The third kappa shape index (κ3) is 7.97. The van der Waals surface area contributed by atoms with E-state index >= 15 is 0 Å². The average Bonchev–Trinajstić information content (AvgIpc) is 3.09. The third-order valence-corrected chi connectivity index (χ3v) is 2.31. The van der Waals surface area contributed by atoms with Crippen LogP contribution in [0.4, 0.5) is 0 Å². The van der Waals surface area contributed by atoms with Crippen LogP contribution in [-0.4, -0.2) is 13.2 Å². The normalized spacial score (nSPS) is 13.3. The Labute approximate surface area is 94.5 Å². The molecule has 0 aromatic carbocycles. The van der Waals surface area contributed by atoms with Crippen LogP contribution in [0.25, 0.3) is 0 Å². The van der Waals surface area contributed by atoms with E-state index in [2.05, 4.69) is 4.42 Å². The van der Waals surface area contributed by atoms with E-state index in [0.29, 0.717) is 0 Å². The molecule has 0 atom stereocenters. The number of furan rings is 1. The fourth-order valence-corrected chi connectivity index (χ4v) is 1.42. The number of hydrogen-bond donors (Lipinski definition) is 0. The second kappa shape index (κ2) is 9.49. The van der Waals surface area contributed by atoms with Crippen molar-refractivity contribution in [2.24, 2.45) is 0 Å². The minimum Gasteiger partial charge on any atom is -0.473 e. The second-order valence-corrected chi connectivity index (χ2v) is 3.72. The molecule has 3 rings (SSSR count). The first-order valence-corrected chi connectivity index (χ1v) is 5.96. The molecule has 0 aliphatic carbocycles. The minimum absolute atomic E-state index is 1.00. The van der Waals surface area contributed by atoms with Gasteiger partial charge in [-0.25, -0.2) is 0 Å². The van der Waals surface area contributed by atoms with Gasteiger partial charge in [0, 0.05) is 13.2 Å². The summed E-state index contributed by atoms with van der Waals surface area (Å²) >= 11 is 1.71. The Balaban J connectivity index is 0.000000112. The van der Waals surface area contributed by atoms with Gasteiger partial charge in [-0.2, -0.15) is 11.3 Å². The Morgan fingerprint density at radius 1 is 0.800 bits per heavy atom. The molecule has 1 aliphatic heterocycles. The van der Waals surface area contributed by atoms with E-state index in [4.69, 9.17) is 4.74 Å². The van der Waals surface area contributed by atoms with Crippen LogP contribution in [0.5, 0.6) is 0 Å². The molecule has 2 nitrogen and oxygen atoms in total. The Morgan fingerprint density at radius 3 is 1.60 bits per heavy atom. The Bertz CT molecular complexity index is 204. The molecule has 0 unspecified atom stereocenters.